The van der Waals surface area contributed by atoms with Crippen LogP contribution in [0.5, 0.6) is 0 Å². The van der Waals surface area contributed by atoms with E-state index >= 15 is 0 Å². The molecule has 0 aliphatic heterocycles. The molecule has 4 aliphatic rings. The van der Waals surface area contributed by atoms with Gasteiger partial charge in [-0.25, -0.2) is 4.68 Å². The highest BCUT2D eigenvalue weighted by molar-refractivity contribution is 6.30. The van der Waals surface area contributed by atoms with Crippen molar-refractivity contribution in [1.82, 2.24) is 9.78 Å². The number of benzene rings is 1. The predicted octanol–water partition coefficient (Wildman–Crippen LogP) is 5.10. The second kappa shape index (κ2) is 6.25. The molecule has 1 aromatic heterocycles. The average Bonchev–Trinajstić information content (AvgIpc) is 3.01. The minimum Gasteiger partial charge on any atom is -0.310 e. The molecule has 2 atom stereocenters. The van der Waals surface area contributed by atoms with Crippen LogP contribution in [0.1, 0.15) is 44.1 Å². The Bertz CT molecular complexity index is 862. The van der Waals surface area contributed by atoms with Gasteiger partial charge in [-0.1, -0.05) is 23.7 Å². The number of rotatable bonds is 4. The van der Waals surface area contributed by atoms with E-state index in [0.29, 0.717) is 23.4 Å². The third kappa shape index (κ3) is 3.17. The summed E-state index contributed by atoms with van der Waals surface area (Å²) in [6, 6.07) is 9.56. The Kier molecular flexibility index (Phi) is 4.07. The number of nitrogens with one attached hydrogen (secondary N) is 1. The van der Waals surface area contributed by atoms with Crippen molar-refractivity contribution in [3.8, 4) is 0 Å². The maximum Gasteiger partial charge on any atom is 0.231 e. The summed E-state index contributed by atoms with van der Waals surface area (Å²) in [5.74, 6) is 2.08. The van der Waals surface area contributed by atoms with E-state index in [9.17, 15) is 4.79 Å². The first kappa shape index (κ1) is 17.6. The monoisotopic (exact) mass is 403 g/mol. The third-order valence-corrected chi connectivity index (χ3v) is 7.37. The zero-order valence-electron chi connectivity index (χ0n) is 15.1. The average molecular weight is 404 g/mol. The van der Waals surface area contributed by atoms with Crippen molar-refractivity contribution in [3.63, 3.8) is 0 Å². The SMILES string of the molecule is O=C(Nc1ccnn1Cc1ccc(Cl)cc1)C12C[C@H]3C[C@@H](CC(Cl)(C3)C1)C2. The molecule has 4 bridgehead atoms. The molecule has 1 N–H and O–H groups in total. The molecule has 4 nitrogen and oxygen atoms in total. The summed E-state index contributed by atoms with van der Waals surface area (Å²) in [5, 5.41) is 8.28. The van der Waals surface area contributed by atoms with Gasteiger partial charge >= 0.3 is 0 Å². The van der Waals surface area contributed by atoms with Crippen molar-refractivity contribution in [2.45, 2.75) is 49.9 Å². The number of halogens is 2. The lowest BCUT2D eigenvalue weighted by Crippen LogP contribution is -2.57. The fourth-order valence-corrected chi connectivity index (χ4v) is 6.81. The van der Waals surface area contributed by atoms with Crippen molar-refractivity contribution in [1.29, 1.82) is 0 Å². The first-order valence-electron chi connectivity index (χ1n) is 9.70. The topological polar surface area (TPSA) is 46.9 Å². The maximum atomic E-state index is 13.3. The van der Waals surface area contributed by atoms with Gasteiger partial charge in [-0.2, -0.15) is 5.10 Å². The van der Waals surface area contributed by atoms with Crippen LogP contribution in [-0.2, 0) is 11.3 Å². The molecule has 142 valence electrons. The van der Waals surface area contributed by atoms with E-state index in [1.807, 2.05) is 35.0 Å². The smallest absolute Gasteiger partial charge is 0.231 e. The fourth-order valence-electron chi connectivity index (χ4n) is 5.99. The molecule has 2 aromatic rings. The number of alkyl halides is 1. The van der Waals surface area contributed by atoms with E-state index < -0.39 is 0 Å². The second-order valence-corrected chi connectivity index (χ2v) is 10.1. The molecule has 1 amide bonds. The lowest BCUT2D eigenvalue weighted by Gasteiger charge is -2.59. The van der Waals surface area contributed by atoms with Gasteiger partial charge in [0.1, 0.15) is 5.82 Å². The van der Waals surface area contributed by atoms with Crippen LogP contribution in [0.3, 0.4) is 0 Å². The Hall–Kier alpha value is -1.52. The van der Waals surface area contributed by atoms with Crippen LogP contribution >= 0.6 is 23.2 Å². The van der Waals surface area contributed by atoms with Crippen molar-refractivity contribution in [2.24, 2.45) is 17.3 Å². The zero-order chi connectivity index (χ0) is 18.6. The van der Waals surface area contributed by atoms with Gasteiger partial charge in [-0.15, -0.1) is 11.6 Å². The van der Waals surface area contributed by atoms with E-state index in [1.54, 1.807) is 6.20 Å². The van der Waals surface area contributed by atoms with Crippen LogP contribution in [0.4, 0.5) is 5.82 Å². The van der Waals surface area contributed by atoms with E-state index in [2.05, 4.69) is 10.4 Å². The molecule has 6 heteroatoms. The van der Waals surface area contributed by atoms with Gasteiger partial charge in [-0.05, 0) is 68.1 Å². The van der Waals surface area contributed by atoms with Crippen LogP contribution < -0.4 is 5.32 Å². The van der Waals surface area contributed by atoms with Crippen LogP contribution in [0.15, 0.2) is 36.5 Å². The quantitative estimate of drug-likeness (QED) is 0.721. The van der Waals surface area contributed by atoms with E-state index in [-0.39, 0.29) is 16.2 Å². The first-order valence-corrected chi connectivity index (χ1v) is 10.5. The number of amides is 1. The summed E-state index contributed by atoms with van der Waals surface area (Å²) >= 11 is 12.9. The summed E-state index contributed by atoms with van der Waals surface area (Å²) in [4.78, 5) is 13.2. The van der Waals surface area contributed by atoms with Gasteiger partial charge < -0.3 is 5.32 Å². The Morgan fingerprint density at radius 1 is 1.15 bits per heavy atom. The molecule has 4 fully saturated rings. The lowest BCUT2D eigenvalue weighted by atomic mass is 9.49. The number of aromatic nitrogens is 2. The largest absolute Gasteiger partial charge is 0.310 e. The predicted molar refractivity (Wildman–Crippen MR) is 107 cm³/mol. The highest BCUT2D eigenvalue weighted by Gasteiger charge is 2.60. The number of anilines is 1. The molecule has 0 radical (unpaired) electrons. The normalized spacial score (nSPS) is 34.0. The molecule has 1 aromatic carbocycles. The number of hydrogen-bond acceptors (Lipinski definition) is 2. The molecule has 1 heterocycles. The van der Waals surface area contributed by atoms with Gasteiger partial charge in [0.2, 0.25) is 5.91 Å². The summed E-state index contributed by atoms with van der Waals surface area (Å²) in [6.45, 7) is 0.595. The molecule has 4 saturated carbocycles. The summed E-state index contributed by atoms with van der Waals surface area (Å²) in [6.07, 6.45) is 7.91. The Morgan fingerprint density at radius 3 is 2.52 bits per heavy atom. The number of hydrogen-bond donors (Lipinski definition) is 1. The van der Waals surface area contributed by atoms with Gasteiger partial charge in [0.15, 0.2) is 0 Å². The van der Waals surface area contributed by atoms with Gasteiger partial charge in [0.25, 0.3) is 0 Å². The van der Waals surface area contributed by atoms with Crippen molar-refractivity contribution in [3.05, 3.63) is 47.1 Å². The summed E-state index contributed by atoms with van der Waals surface area (Å²) < 4.78 is 1.83. The molecule has 6 rings (SSSR count). The second-order valence-electron chi connectivity index (χ2n) is 8.85. The lowest BCUT2D eigenvalue weighted by molar-refractivity contribution is -0.138. The van der Waals surface area contributed by atoms with Gasteiger partial charge in [0.05, 0.1) is 18.2 Å². The molecular weight excluding hydrogens is 381 g/mol. The van der Waals surface area contributed by atoms with Crippen LogP contribution in [0.2, 0.25) is 5.02 Å². The van der Waals surface area contributed by atoms with Crippen LogP contribution in [-0.4, -0.2) is 20.6 Å². The number of carbonyl (C=O) groups is 1. The van der Waals surface area contributed by atoms with Crippen molar-refractivity contribution >= 4 is 34.9 Å². The molecular formula is C21H23Cl2N3O. The number of carbonyl (C=O) groups excluding carboxylic acids is 1. The van der Waals surface area contributed by atoms with E-state index in [1.165, 1.54) is 6.42 Å². The first-order chi connectivity index (χ1) is 12.9. The minimum atomic E-state index is -0.304. The van der Waals surface area contributed by atoms with Crippen molar-refractivity contribution < 1.29 is 4.79 Å². The molecule has 0 spiro atoms. The fraction of sp³-hybridized carbons (Fsp3) is 0.524. The highest BCUT2D eigenvalue weighted by Crippen LogP contribution is 2.64. The maximum absolute atomic E-state index is 13.3. The molecule has 4 aliphatic carbocycles. The van der Waals surface area contributed by atoms with Crippen LogP contribution in [0.25, 0.3) is 0 Å². The highest BCUT2D eigenvalue weighted by atomic mass is 35.5. The van der Waals surface area contributed by atoms with Crippen molar-refractivity contribution in [2.75, 3.05) is 5.32 Å². The Balaban J connectivity index is 1.35. The standard InChI is InChI=1S/C21H23Cl2N3O/c22-17-3-1-14(2-4-17)12-26-18(5-6-24-26)25-19(27)20-8-15-7-16(9-20)11-21(23,10-15)13-20/h1-6,15-16H,7-13H2,(H,25,27)/t15-,16-,20?,21?/m1/s1. The number of nitrogens with zero attached hydrogens (tertiary/aromatic N) is 2. The van der Waals surface area contributed by atoms with Crippen LogP contribution in [0, 0.1) is 17.3 Å². The van der Waals surface area contributed by atoms with Gasteiger partial charge in [-0.3, -0.25) is 4.79 Å². The summed E-state index contributed by atoms with van der Waals surface area (Å²) in [7, 11) is 0. The third-order valence-electron chi connectivity index (χ3n) is 6.68. The van der Waals surface area contributed by atoms with E-state index in [4.69, 9.17) is 23.2 Å². The van der Waals surface area contributed by atoms with E-state index in [0.717, 1.165) is 43.5 Å². The molecule has 27 heavy (non-hydrogen) atoms. The van der Waals surface area contributed by atoms with Gasteiger partial charge in [0, 0.05) is 16.0 Å². The Labute approximate surface area is 169 Å². The summed E-state index contributed by atoms with van der Waals surface area (Å²) in [5.41, 5.74) is 0.786. The minimum absolute atomic E-state index is 0.125. The molecule has 0 saturated heterocycles. The zero-order valence-corrected chi connectivity index (χ0v) is 16.6. The molecule has 0 unspecified atom stereocenters. The Morgan fingerprint density at radius 2 is 1.85 bits per heavy atom.